The van der Waals surface area contributed by atoms with Crippen LogP contribution in [0.5, 0.6) is 0 Å². The van der Waals surface area contributed by atoms with Gasteiger partial charge in [0.25, 0.3) is 0 Å². The van der Waals surface area contributed by atoms with Gasteiger partial charge >= 0.3 is 6.18 Å². The highest BCUT2D eigenvalue weighted by Crippen LogP contribution is 2.51. The summed E-state index contributed by atoms with van der Waals surface area (Å²) in [6.07, 6.45) is 3.48. The zero-order valence-electron chi connectivity index (χ0n) is 19.1. The molecule has 2 N–H and O–H groups in total. The van der Waals surface area contributed by atoms with Crippen LogP contribution in [-0.4, -0.2) is 55.0 Å². The molecule has 5 rings (SSSR count). The molecule has 0 unspecified atom stereocenters. The van der Waals surface area contributed by atoms with Gasteiger partial charge in [0.15, 0.2) is 5.82 Å². The zero-order chi connectivity index (χ0) is 24.1. The lowest BCUT2D eigenvalue weighted by molar-refractivity contribution is -0.137. The second-order valence-corrected chi connectivity index (χ2v) is 12.8. The average molecular weight is 493 g/mol. The van der Waals surface area contributed by atoms with Gasteiger partial charge < -0.3 is 15.2 Å². The summed E-state index contributed by atoms with van der Waals surface area (Å²) >= 11 is 0. The quantitative estimate of drug-likeness (QED) is 0.531. The van der Waals surface area contributed by atoms with Gasteiger partial charge in [0.1, 0.15) is 30.0 Å². The number of nitrogens with zero attached hydrogens (tertiary/aromatic N) is 5. The number of pyridine rings is 1. The number of alkyl halides is 3. The van der Waals surface area contributed by atoms with E-state index < -0.39 is 18.9 Å². The van der Waals surface area contributed by atoms with Crippen LogP contribution in [0.4, 0.5) is 19.1 Å². The summed E-state index contributed by atoms with van der Waals surface area (Å²) in [5.41, 5.74) is 0.215. The van der Waals surface area contributed by atoms with E-state index in [1.54, 1.807) is 6.07 Å². The number of rotatable bonds is 4. The minimum atomic E-state index is -4.66. The second-order valence-electron chi connectivity index (χ2n) is 9.73. The molecule has 2 saturated heterocycles. The van der Waals surface area contributed by atoms with E-state index in [0.717, 1.165) is 31.9 Å². The van der Waals surface area contributed by atoms with Gasteiger partial charge in [-0.1, -0.05) is 0 Å². The largest absolute Gasteiger partial charge is 0.421 e. The van der Waals surface area contributed by atoms with E-state index in [-0.39, 0.29) is 23.3 Å². The molecule has 0 bridgehead atoms. The van der Waals surface area contributed by atoms with Gasteiger partial charge in [-0.25, -0.2) is 9.97 Å². The van der Waals surface area contributed by atoms with E-state index in [1.165, 1.54) is 17.1 Å². The average Bonchev–Trinajstić information content (AvgIpc) is 3.41. The van der Waals surface area contributed by atoms with Gasteiger partial charge in [0.2, 0.25) is 5.95 Å². The number of halogens is 3. The van der Waals surface area contributed by atoms with Crippen molar-refractivity contribution in [3.8, 4) is 5.82 Å². The van der Waals surface area contributed by atoms with Gasteiger partial charge in [-0.15, -0.1) is 0 Å². The maximum absolute atomic E-state index is 13.9. The Hall–Kier alpha value is -2.52. The topological polar surface area (TPSA) is 97.6 Å². The molecule has 0 spiro atoms. The van der Waals surface area contributed by atoms with Crippen molar-refractivity contribution in [2.75, 3.05) is 24.2 Å². The molecule has 2 aliphatic heterocycles. The van der Waals surface area contributed by atoms with Crippen LogP contribution in [0, 0.1) is 0 Å². The summed E-state index contributed by atoms with van der Waals surface area (Å²) in [4.78, 5) is 16.9. The molecule has 2 aliphatic rings. The summed E-state index contributed by atoms with van der Waals surface area (Å²) < 4.78 is 56.4. The van der Waals surface area contributed by atoms with Crippen molar-refractivity contribution in [1.29, 1.82) is 0 Å². The Kier molecular flexibility index (Phi) is 5.67. The van der Waals surface area contributed by atoms with Crippen LogP contribution in [0.1, 0.15) is 45.1 Å². The molecular formula is C22H27F3N7OP. The first-order valence-corrected chi connectivity index (χ1v) is 13.5. The van der Waals surface area contributed by atoms with Crippen molar-refractivity contribution in [3.05, 3.63) is 30.4 Å². The molecule has 2 fully saturated rings. The zero-order valence-corrected chi connectivity index (χ0v) is 20.0. The molecule has 182 valence electrons. The molecule has 0 radical (unpaired) electrons. The molecule has 5 heterocycles. The molecule has 3 aromatic rings. The molecule has 1 atom stereocenters. The van der Waals surface area contributed by atoms with Gasteiger partial charge in [0, 0.05) is 42.8 Å². The molecule has 3 aromatic heterocycles. The van der Waals surface area contributed by atoms with Crippen molar-refractivity contribution in [2.45, 2.75) is 57.3 Å². The third-order valence-corrected chi connectivity index (χ3v) is 9.88. The molecule has 0 aliphatic carbocycles. The molecule has 34 heavy (non-hydrogen) atoms. The lowest BCUT2D eigenvalue weighted by Gasteiger charge is -2.36. The van der Waals surface area contributed by atoms with E-state index >= 15 is 0 Å². The SMILES string of the molecule is CC1(C)CC[C@H](Nc2ncc(C(F)(F)F)c(-n3cnc4c(P5(=O)CCCC5)nccc43)n2)CN1. The van der Waals surface area contributed by atoms with Crippen LogP contribution in [-0.2, 0) is 10.7 Å². The lowest BCUT2D eigenvalue weighted by Crippen LogP contribution is -2.50. The summed E-state index contributed by atoms with van der Waals surface area (Å²) in [6, 6.07) is 1.58. The van der Waals surface area contributed by atoms with E-state index in [2.05, 4.69) is 44.4 Å². The van der Waals surface area contributed by atoms with E-state index in [9.17, 15) is 17.7 Å². The third kappa shape index (κ3) is 4.31. The van der Waals surface area contributed by atoms with E-state index in [0.29, 0.717) is 35.3 Å². The maximum Gasteiger partial charge on any atom is 0.421 e. The fourth-order valence-corrected chi connectivity index (χ4v) is 7.66. The van der Waals surface area contributed by atoms with E-state index in [1.807, 2.05) is 0 Å². The number of imidazole rings is 1. The molecule has 0 aromatic carbocycles. The van der Waals surface area contributed by atoms with Gasteiger partial charge in [0.05, 0.1) is 5.52 Å². The molecule has 0 amide bonds. The van der Waals surface area contributed by atoms with Crippen molar-refractivity contribution >= 4 is 29.6 Å². The number of nitrogens with one attached hydrogen (secondary N) is 2. The molecular weight excluding hydrogens is 466 g/mol. The smallest absolute Gasteiger partial charge is 0.350 e. The number of aromatic nitrogens is 5. The highest BCUT2D eigenvalue weighted by atomic mass is 31.2. The van der Waals surface area contributed by atoms with Crippen LogP contribution in [0.25, 0.3) is 16.9 Å². The summed E-state index contributed by atoms with van der Waals surface area (Å²) in [6.45, 7) is 4.89. The standard InChI is InChI=1S/C22H27F3N7OP/c1-21(2)7-5-14(11-29-21)30-20-27-12-15(22(23,24)25)18(31-20)32-13-28-17-16(32)6-8-26-19(17)34(33)9-3-4-10-34/h6,8,12-14,29H,3-5,7,9-11H2,1-2H3,(H,27,30,31)/t14-/m0/s1. The maximum atomic E-state index is 13.9. The fourth-order valence-electron chi connectivity index (χ4n) is 4.71. The lowest BCUT2D eigenvalue weighted by atomic mass is 9.91. The van der Waals surface area contributed by atoms with Gasteiger partial charge in [-0.3, -0.25) is 9.55 Å². The molecule has 8 nitrogen and oxygen atoms in total. The Morgan fingerprint density at radius 1 is 1.21 bits per heavy atom. The van der Waals surface area contributed by atoms with Crippen LogP contribution >= 0.6 is 7.14 Å². The summed E-state index contributed by atoms with van der Waals surface area (Å²) in [5.74, 6) is -0.201. The Bertz CT molecular complexity index is 1250. The predicted molar refractivity (Wildman–Crippen MR) is 124 cm³/mol. The minimum Gasteiger partial charge on any atom is -0.350 e. The van der Waals surface area contributed by atoms with Crippen LogP contribution in [0.2, 0.25) is 0 Å². The Morgan fingerprint density at radius 3 is 2.65 bits per heavy atom. The molecule has 12 heteroatoms. The Morgan fingerprint density at radius 2 is 1.97 bits per heavy atom. The van der Waals surface area contributed by atoms with Gasteiger partial charge in [-0.05, 0) is 45.6 Å². The van der Waals surface area contributed by atoms with Crippen molar-refractivity contribution in [3.63, 3.8) is 0 Å². The first-order chi connectivity index (χ1) is 16.1. The normalized spacial score (nSPS) is 22.2. The highest BCUT2D eigenvalue weighted by Gasteiger charge is 2.38. The van der Waals surface area contributed by atoms with Crippen molar-refractivity contribution in [1.82, 2.24) is 29.8 Å². The monoisotopic (exact) mass is 493 g/mol. The fraction of sp³-hybridized carbons (Fsp3) is 0.545. The number of piperidine rings is 1. The van der Waals surface area contributed by atoms with Crippen molar-refractivity contribution in [2.24, 2.45) is 0 Å². The first kappa shape index (κ1) is 23.2. The number of hydrogen-bond donors (Lipinski definition) is 2. The van der Waals surface area contributed by atoms with E-state index in [4.69, 9.17) is 0 Å². The van der Waals surface area contributed by atoms with Crippen LogP contribution < -0.4 is 16.1 Å². The summed E-state index contributed by atoms with van der Waals surface area (Å²) in [7, 11) is -2.70. The highest BCUT2D eigenvalue weighted by molar-refractivity contribution is 7.72. The second kappa shape index (κ2) is 8.30. The number of anilines is 1. The summed E-state index contributed by atoms with van der Waals surface area (Å²) in [5, 5.41) is 6.59. The minimum absolute atomic E-state index is 0.000402. The number of fused-ring (bicyclic) bond motifs is 1. The third-order valence-electron chi connectivity index (χ3n) is 6.70. The number of hydrogen-bond acceptors (Lipinski definition) is 7. The first-order valence-electron chi connectivity index (χ1n) is 11.4. The van der Waals surface area contributed by atoms with Crippen LogP contribution in [0.3, 0.4) is 0 Å². The predicted octanol–water partition coefficient (Wildman–Crippen LogP) is 3.95. The van der Waals surface area contributed by atoms with Gasteiger partial charge in [-0.2, -0.15) is 18.2 Å². The van der Waals surface area contributed by atoms with Crippen molar-refractivity contribution < 1.29 is 17.7 Å². The molecule has 0 saturated carbocycles. The van der Waals surface area contributed by atoms with Crippen LogP contribution in [0.15, 0.2) is 24.8 Å². The Labute approximate surface area is 195 Å². The Balaban J connectivity index is 1.56.